The quantitative estimate of drug-likeness (QED) is 0.251. The average Bonchev–Trinajstić information content (AvgIpc) is 3.17. The molecule has 5 rings (SSSR count). The van der Waals surface area contributed by atoms with Crippen molar-refractivity contribution >= 4 is 12.2 Å². The number of phenols is 5. The summed E-state index contributed by atoms with van der Waals surface area (Å²) >= 11 is 0. The van der Waals surface area contributed by atoms with Crippen molar-refractivity contribution in [2.24, 2.45) is 0 Å². The fourth-order valence-corrected chi connectivity index (χ4v) is 4.17. The Labute approximate surface area is 201 Å². The first-order chi connectivity index (χ1) is 16.9. The number of hydrogen-bond acceptors (Lipinski definition) is 7. The largest absolute Gasteiger partial charge is 0.508 e. The Morgan fingerprint density at radius 3 is 1.89 bits per heavy atom. The van der Waals surface area contributed by atoms with E-state index in [0.717, 1.165) is 5.56 Å². The minimum Gasteiger partial charge on any atom is -0.508 e. The van der Waals surface area contributed by atoms with E-state index in [9.17, 15) is 25.5 Å². The second-order valence-electron chi connectivity index (χ2n) is 8.23. The Balaban J connectivity index is 1.60. The fraction of sp³-hybridized carbons (Fsp3) is 0.0714. The normalized spacial score (nSPS) is 16.7. The van der Waals surface area contributed by atoms with Gasteiger partial charge in [0.2, 0.25) is 0 Å². The molecule has 0 amide bonds. The van der Waals surface area contributed by atoms with Crippen LogP contribution in [0.5, 0.6) is 40.2 Å². The minimum atomic E-state index is -0.890. The van der Waals surface area contributed by atoms with E-state index in [2.05, 4.69) is 0 Å². The van der Waals surface area contributed by atoms with Gasteiger partial charge >= 0.3 is 0 Å². The maximum Gasteiger partial charge on any atom is 0.252 e. The molecule has 0 bridgehead atoms. The van der Waals surface area contributed by atoms with Crippen LogP contribution in [0.25, 0.3) is 12.2 Å². The number of rotatable bonds is 5. The van der Waals surface area contributed by atoms with Crippen molar-refractivity contribution in [2.45, 2.75) is 12.2 Å². The summed E-state index contributed by atoms with van der Waals surface area (Å²) in [6, 6.07) is 20.2. The first-order valence-electron chi connectivity index (χ1n) is 10.8. The average molecular weight is 470 g/mol. The molecule has 0 spiro atoms. The summed E-state index contributed by atoms with van der Waals surface area (Å²) < 4.78 is 12.2. The van der Waals surface area contributed by atoms with Gasteiger partial charge in [-0.1, -0.05) is 24.3 Å². The third-order valence-electron chi connectivity index (χ3n) is 5.71. The number of hydrogen-bond donors (Lipinski definition) is 5. The molecule has 4 aromatic carbocycles. The zero-order valence-corrected chi connectivity index (χ0v) is 18.4. The molecule has 2 atom stereocenters. The van der Waals surface area contributed by atoms with Crippen LogP contribution in [-0.2, 0) is 0 Å². The van der Waals surface area contributed by atoms with E-state index in [1.807, 2.05) is 12.2 Å². The van der Waals surface area contributed by atoms with Gasteiger partial charge in [0.05, 0.1) is 5.92 Å². The Morgan fingerprint density at radius 1 is 0.629 bits per heavy atom. The standard InChI is InChI=1S/C28H22O7/c29-19-5-2-16(3-6-19)1-4-17-11-23(33)15-25-26(17)27(18-12-21(31)14-22(32)13-18)28(35-25)34-24-9-7-20(30)8-10-24/h1-15,27-33H/t27-,28+/m0/s1. The Morgan fingerprint density at radius 2 is 1.23 bits per heavy atom. The molecular weight excluding hydrogens is 448 g/mol. The molecule has 0 saturated carbocycles. The van der Waals surface area contributed by atoms with Crippen molar-refractivity contribution in [3.63, 3.8) is 0 Å². The topological polar surface area (TPSA) is 120 Å². The van der Waals surface area contributed by atoms with Gasteiger partial charge in [0.1, 0.15) is 40.2 Å². The molecule has 1 heterocycles. The van der Waals surface area contributed by atoms with Gasteiger partial charge in [0.15, 0.2) is 0 Å². The maximum absolute atomic E-state index is 10.4. The number of phenolic OH excluding ortho intramolecular Hbond substituents is 5. The zero-order chi connectivity index (χ0) is 24.5. The summed E-state index contributed by atoms with van der Waals surface area (Å²) in [7, 11) is 0. The van der Waals surface area contributed by atoms with Crippen LogP contribution in [0.2, 0.25) is 0 Å². The molecule has 1 aliphatic rings. The lowest BCUT2D eigenvalue weighted by atomic mass is 9.87. The molecular formula is C28H22O7. The highest BCUT2D eigenvalue weighted by Crippen LogP contribution is 2.48. The van der Waals surface area contributed by atoms with E-state index >= 15 is 0 Å². The summed E-state index contributed by atoms with van der Waals surface area (Å²) in [4.78, 5) is 0. The maximum atomic E-state index is 10.4. The predicted octanol–water partition coefficient (Wildman–Crippen LogP) is 5.31. The monoisotopic (exact) mass is 470 g/mol. The third kappa shape index (κ3) is 4.65. The van der Waals surface area contributed by atoms with Crippen LogP contribution in [0, 0.1) is 0 Å². The van der Waals surface area contributed by atoms with Gasteiger partial charge in [-0.25, -0.2) is 0 Å². The van der Waals surface area contributed by atoms with E-state index in [0.29, 0.717) is 28.2 Å². The van der Waals surface area contributed by atoms with Crippen molar-refractivity contribution in [2.75, 3.05) is 0 Å². The van der Waals surface area contributed by atoms with Gasteiger partial charge in [0.25, 0.3) is 6.29 Å². The van der Waals surface area contributed by atoms with Gasteiger partial charge in [-0.2, -0.15) is 0 Å². The molecule has 0 aliphatic carbocycles. The van der Waals surface area contributed by atoms with Gasteiger partial charge in [-0.05, 0) is 71.3 Å². The lowest BCUT2D eigenvalue weighted by Gasteiger charge is -2.22. The van der Waals surface area contributed by atoms with E-state index in [-0.39, 0.29) is 28.7 Å². The van der Waals surface area contributed by atoms with Gasteiger partial charge in [-0.3, -0.25) is 0 Å². The van der Waals surface area contributed by atoms with Crippen LogP contribution in [0.3, 0.4) is 0 Å². The van der Waals surface area contributed by atoms with Gasteiger partial charge in [0, 0.05) is 17.7 Å². The van der Waals surface area contributed by atoms with Crippen LogP contribution < -0.4 is 9.47 Å². The molecule has 0 radical (unpaired) electrons. The number of fused-ring (bicyclic) bond motifs is 1. The molecule has 0 aromatic heterocycles. The highest BCUT2D eigenvalue weighted by atomic mass is 16.7. The fourth-order valence-electron chi connectivity index (χ4n) is 4.17. The molecule has 35 heavy (non-hydrogen) atoms. The lowest BCUT2D eigenvalue weighted by molar-refractivity contribution is 0.0131. The number of aromatic hydroxyl groups is 5. The van der Waals surface area contributed by atoms with Crippen LogP contribution in [0.1, 0.15) is 28.2 Å². The highest BCUT2D eigenvalue weighted by molar-refractivity contribution is 5.75. The Bertz CT molecular complexity index is 1370. The molecule has 0 saturated heterocycles. The Hall–Kier alpha value is -4.78. The van der Waals surface area contributed by atoms with Crippen molar-refractivity contribution in [1.29, 1.82) is 0 Å². The third-order valence-corrected chi connectivity index (χ3v) is 5.71. The van der Waals surface area contributed by atoms with Crippen molar-refractivity contribution in [3.8, 4) is 40.2 Å². The van der Waals surface area contributed by atoms with Crippen LogP contribution in [0.4, 0.5) is 0 Å². The van der Waals surface area contributed by atoms with E-state index in [1.165, 1.54) is 36.4 Å². The zero-order valence-electron chi connectivity index (χ0n) is 18.4. The van der Waals surface area contributed by atoms with Gasteiger partial charge < -0.3 is 35.0 Å². The summed E-state index contributed by atoms with van der Waals surface area (Å²) in [6.45, 7) is 0. The Kier molecular flexibility index (Phi) is 5.58. The van der Waals surface area contributed by atoms with Crippen molar-refractivity contribution in [3.05, 3.63) is 101 Å². The molecule has 0 unspecified atom stereocenters. The lowest BCUT2D eigenvalue weighted by Crippen LogP contribution is -2.26. The first kappa shape index (κ1) is 22.0. The molecule has 1 aliphatic heterocycles. The van der Waals surface area contributed by atoms with Crippen molar-refractivity contribution < 1.29 is 35.0 Å². The van der Waals surface area contributed by atoms with Crippen LogP contribution in [-0.4, -0.2) is 31.8 Å². The molecule has 7 nitrogen and oxygen atoms in total. The van der Waals surface area contributed by atoms with E-state index in [1.54, 1.807) is 42.5 Å². The second-order valence-corrected chi connectivity index (χ2v) is 8.23. The van der Waals surface area contributed by atoms with Crippen molar-refractivity contribution in [1.82, 2.24) is 0 Å². The predicted molar refractivity (Wildman–Crippen MR) is 130 cm³/mol. The molecule has 0 fully saturated rings. The SMILES string of the molecule is Oc1ccc(C=Cc2cc(O)cc3c2[C@H](c2cc(O)cc(O)c2)[C@H](Oc2ccc(O)cc2)O3)cc1. The molecule has 7 heteroatoms. The molecule has 4 aromatic rings. The first-order valence-corrected chi connectivity index (χ1v) is 10.8. The van der Waals surface area contributed by atoms with E-state index < -0.39 is 12.2 Å². The summed E-state index contributed by atoms with van der Waals surface area (Å²) in [6.07, 6.45) is 2.75. The van der Waals surface area contributed by atoms with E-state index in [4.69, 9.17) is 9.47 Å². The molecule has 5 N–H and O–H groups in total. The van der Waals surface area contributed by atoms with Crippen LogP contribution in [0.15, 0.2) is 78.9 Å². The summed E-state index contributed by atoms with van der Waals surface area (Å²) in [5.41, 5.74) is 2.74. The summed E-state index contributed by atoms with van der Waals surface area (Å²) in [5, 5.41) is 49.8. The number of ether oxygens (including phenoxy) is 2. The summed E-state index contributed by atoms with van der Waals surface area (Å²) in [5.74, 6) is 0.287. The van der Waals surface area contributed by atoms with Crippen LogP contribution >= 0.6 is 0 Å². The highest BCUT2D eigenvalue weighted by Gasteiger charge is 2.40. The minimum absolute atomic E-state index is 0.00287. The second kappa shape index (κ2) is 8.87. The molecule has 176 valence electrons. The van der Waals surface area contributed by atoms with Gasteiger partial charge in [-0.15, -0.1) is 0 Å². The number of benzene rings is 4. The smallest absolute Gasteiger partial charge is 0.252 e.